The van der Waals surface area contributed by atoms with E-state index in [4.69, 9.17) is 9.47 Å². The summed E-state index contributed by atoms with van der Waals surface area (Å²) in [4.78, 5) is 2.22. The molecule has 1 aliphatic heterocycles. The molecule has 0 radical (unpaired) electrons. The lowest BCUT2D eigenvalue weighted by atomic mass is 10.00. The van der Waals surface area contributed by atoms with Gasteiger partial charge in [-0.3, -0.25) is 4.90 Å². The number of hydrogen-bond acceptors (Lipinski definition) is 4. The Morgan fingerprint density at radius 2 is 2.25 bits per heavy atom. The first-order valence-electron chi connectivity index (χ1n) is 7.25. The highest BCUT2D eigenvalue weighted by Gasteiger charge is 2.18. The zero-order valence-corrected chi connectivity index (χ0v) is 12.6. The van der Waals surface area contributed by atoms with E-state index in [1.54, 1.807) is 7.11 Å². The highest BCUT2D eigenvalue weighted by atomic mass is 16.5. The summed E-state index contributed by atoms with van der Waals surface area (Å²) >= 11 is 0. The van der Waals surface area contributed by atoms with Crippen molar-refractivity contribution in [3.8, 4) is 5.75 Å². The lowest BCUT2D eigenvalue weighted by Gasteiger charge is -2.23. The van der Waals surface area contributed by atoms with E-state index >= 15 is 0 Å². The number of hydrogen-bond donors (Lipinski definition) is 1. The Balaban J connectivity index is 2.15. The van der Waals surface area contributed by atoms with Crippen LogP contribution in [0.2, 0.25) is 0 Å². The van der Waals surface area contributed by atoms with Gasteiger partial charge in [0.25, 0.3) is 0 Å². The number of aliphatic hydroxyl groups is 1. The molecule has 0 aliphatic carbocycles. The van der Waals surface area contributed by atoms with Gasteiger partial charge in [0, 0.05) is 25.2 Å². The molecule has 1 aliphatic rings. The number of benzene rings is 1. The number of β-amino-alcohol motifs (C(OH)–C–C–N with tert-alkyl or cyclic N) is 1. The fraction of sp³-hybridized carbons (Fsp3) is 0.625. The van der Waals surface area contributed by atoms with E-state index in [1.807, 2.05) is 6.07 Å². The first-order chi connectivity index (χ1) is 9.60. The number of nitrogens with zero attached hydrogens (tertiary/aromatic N) is 1. The van der Waals surface area contributed by atoms with Gasteiger partial charge in [0.15, 0.2) is 0 Å². The summed E-state index contributed by atoms with van der Waals surface area (Å²) in [7, 11) is 1.70. The lowest BCUT2D eigenvalue weighted by Crippen LogP contribution is -2.32. The molecule has 0 bridgehead atoms. The van der Waals surface area contributed by atoms with Crippen LogP contribution in [-0.2, 0) is 11.3 Å². The van der Waals surface area contributed by atoms with Crippen LogP contribution in [0.15, 0.2) is 18.2 Å². The minimum Gasteiger partial charge on any atom is -0.496 e. The van der Waals surface area contributed by atoms with Gasteiger partial charge < -0.3 is 14.6 Å². The third-order valence-corrected chi connectivity index (χ3v) is 3.70. The van der Waals surface area contributed by atoms with E-state index in [9.17, 15) is 5.11 Å². The Morgan fingerprint density at radius 1 is 1.45 bits per heavy atom. The number of aliphatic hydroxyl groups excluding tert-OH is 1. The molecule has 0 spiro atoms. The molecule has 1 aromatic rings. The summed E-state index contributed by atoms with van der Waals surface area (Å²) in [6, 6.07) is 6.37. The first kappa shape index (κ1) is 15.3. The molecule has 1 N–H and O–H groups in total. The average molecular weight is 279 g/mol. The second-order valence-electron chi connectivity index (χ2n) is 5.69. The van der Waals surface area contributed by atoms with Crippen molar-refractivity contribution in [2.75, 3.05) is 33.4 Å². The summed E-state index contributed by atoms with van der Waals surface area (Å²) in [5, 5.41) is 9.81. The molecule has 1 aromatic carbocycles. The van der Waals surface area contributed by atoms with Crippen LogP contribution >= 0.6 is 0 Å². The topological polar surface area (TPSA) is 41.9 Å². The minimum atomic E-state index is -0.406. The van der Waals surface area contributed by atoms with Gasteiger partial charge in [-0.1, -0.05) is 26.0 Å². The summed E-state index contributed by atoms with van der Waals surface area (Å²) in [6.45, 7) is 7.75. The molecule has 112 valence electrons. The van der Waals surface area contributed by atoms with Crippen LogP contribution in [0, 0.1) is 0 Å². The van der Waals surface area contributed by atoms with Crippen LogP contribution in [0.4, 0.5) is 0 Å². The molecule has 1 heterocycles. The molecule has 1 atom stereocenters. The Kier molecular flexibility index (Phi) is 5.40. The molecule has 4 heteroatoms. The first-order valence-corrected chi connectivity index (χ1v) is 7.25. The number of ether oxygens (including phenoxy) is 2. The van der Waals surface area contributed by atoms with Crippen molar-refractivity contribution in [2.45, 2.75) is 32.4 Å². The second kappa shape index (κ2) is 7.07. The summed E-state index contributed by atoms with van der Waals surface area (Å²) in [5.41, 5.74) is 2.49. The standard InChI is InChI=1S/C16H25NO3/c1-12(2)13-4-5-16(19-3)14(8-13)9-17-6-7-20-11-15(18)10-17/h4-5,8,12,15,18H,6-7,9-11H2,1-3H3/t15-/m1/s1. The molecule has 0 saturated carbocycles. The Bertz CT molecular complexity index is 434. The van der Waals surface area contributed by atoms with E-state index in [1.165, 1.54) is 11.1 Å². The van der Waals surface area contributed by atoms with E-state index in [0.717, 1.165) is 18.8 Å². The predicted molar refractivity (Wildman–Crippen MR) is 79.2 cm³/mol. The summed E-state index contributed by atoms with van der Waals surface area (Å²) in [5.74, 6) is 1.41. The minimum absolute atomic E-state index is 0.406. The van der Waals surface area contributed by atoms with Crippen LogP contribution in [0.25, 0.3) is 0 Å². The van der Waals surface area contributed by atoms with Gasteiger partial charge in [0.2, 0.25) is 0 Å². The molecule has 0 aromatic heterocycles. The third-order valence-electron chi connectivity index (χ3n) is 3.70. The SMILES string of the molecule is COc1ccc(C(C)C)cc1CN1CCOC[C@H](O)C1. The second-order valence-corrected chi connectivity index (χ2v) is 5.69. The van der Waals surface area contributed by atoms with E-state index in [0.29, 0.717) is 25.7 Å². The lowest BCUT2D eigenvalue weighted by molar-refractivity contribution is 0.0562. The van der Waals surface area contributed by atoms with Crippen molar-refractivity contribution in [2.24, 2.45) is 0 Å². The predicted octanol–water partition coefficient (Wildman–Crippen LogP) is 2.01. The summed E-state index contributed by atoms with van der Waals surface area (Å²) in [6.07, 6.45) is -0.406. The van der Waals surface area contributed by atoms with Gasteiger partial charge in [-0.25, -0.2) is 0 Å². The Hall–Kier alpha value is -1.10. The highest BCUT2D eigenvalue weighted by Crippen LogP contribution is 2.25. The smallest absolute Gasteiger partial charge is 0.123 e. The number of rotatable bonds is 4. The largest absolute Gasteiger partial charge is 0.496 e. The van der Waals surface area contributed by atoms with Crippen LogP contribution in [0.3, 0.4) is 0 Å². The molecule has 4 nitrogen and oxygen atoms in total. The molecule has 1 saturated heterocycles. The molecule has 2 rings (SSSR count). The van der Waals surface area contributed by atoms with E-state index in [-0.39, 0.29) is 0 Å². The van der Waals surface area contributed by atoms with E-state index in [2.05, 4.69) is 30.9 Å². The quantitative estimate of drug-likeness (QED) is 0.915. The van der Waals surface area contributed by atoms with Crippen LogP contribution < -0.4 is 4.74 Å². The van der Waals surface area contributed by atoms with Crippen molar-refractivity contribution >= 4 is 0 Å². The van der Waals surface area contributed by atoms with Gasteiger partial charge in [-0.2, -0.15) is 0 Å². The van der Waals surface area contributed by atoms with Crippen molar-refractivity contribution in [1.82, 2.24) is 4.90 Å². The fourth-order valence-electron chi connectivity index (χ4n) is 2.52. The fourth-order valence-corrected chi connectivity index (χ4v) is 2.52. The van der Waals surface area contributed by atoms with Gasteiger partial charge in [-0.05, 0) is 17.5 Å². The number of methoxy groups -OCH3 is 1. The molecular weight excluding hydrogens is 254 g/mol. The van der Waals surface area contributed by atoms with Crippen molar-refractivity contribution in [3.05, 3.63) is 29.3 Å². The molecule has 0 amide bonds. The zero-order chi connectivity index (χ0) is 14.5. The van der Waals surface area contributed by atoms with Crippen molar-refractivity contribution < 1.29 is 14.6 Å². The molecule has 0 unspecified atom stereocenters. The van der Waals surface area contributed by atoms with Gasteiger partial charge >= 0.3 is 0 Å². The average Bonchev–Trinajstić information content (AvgIpc) is 2.63. The Labute approximate surface area is 121 Å². The van der Waals surface area contributed by atoms with Gasteiger partial charge in [0.1, 0.15) is 5.75 Å². The molecule has 20 heavy (non-hydrogen) atoms. The van der Waals surface area contributed by atoms with Crippen molar-refractivity contribution in [1.29, 1.82) is 0 Å². The highest BCUT2D eigenvalue weighted by molar-refractivity contribution is 5.38. The van der Waals surface area contributed by atoms with Crippen molar-refractivity contribution in [3.63, 3.8) is 0 Å². The van der Waals surface area contributed by atoms with Gasteiger partial charge in [0.05, 0.1) is 26.4 Å². The van der Waals surface area contributed by atoms with Gasteiger partial charge in [-0.15, -0.1) is 0 Å². The Morgan fingerprint density at radius 3 is 2.95 bits per heavy atom. The third kappa shape index (κ3) is 3.95. The maximum absolute atomic E-state index is 9.81. The maximum Gasteiger partial charge on any atom is 0.123 e. The summed E-state index contributed by atoms with van der Waals surface area (Å²) < 4.78 is 10.8. The van der Waals surface area contributed by atoms with E-state index < -0.39 is 6.10 Å². The zero-order valence-electron chi connectivity index (χ0n) is 12.6. The monoisotopic (exact) mass is 279 g/mol. The molecular formula is C16H25NO3. The molecule has 1 fully saturated rings. The maximum atomic E-state index is 9.81. The normalized spacial score (nSPS) is 20.9. The van der Waals surface area contributed by atoms with Crippen LogP contribution in [0.5, 0.6) is 5.75 Å². The van der Waals surface area contributed by atoms with Crippen LogP contribution in [-0.4, -0.2) is 49.5 Å². The van der Waals surface area contributed by atoms with Crippen LogP contribution in [0.1, 0.15) is 30.9 Å².